The summed E-state index contributed by atoms with van der Waals surface area (Å²) in [4.78, 5) is 6.39. The number of para-hydroxylation sites is 1. The van der Waals surface area contributed by atoms with E-state index in [1.54, 1.807) is 6.20 Å². The van der Waals surface area contributed by atoms with Gasteiger partial charge >= 0.3 is 0 Å². The van der Waals surface area contributed by atoms with Crippen molar-refractivity contribution in [2.24, 2.45) is 0 Å². The van der Waals surface area contributed by atoms with Crippen LogP contribution in [0.4, 0.5) is 0 Å². The minimum atomic E-state index is -1.03. The van der Waals surface area contributed by atoms with E-state index in [0.717, 1.165) is 24.1 Å². The molecule has 0 aliphatic carbocycles. The highest BCUT2D eigenvalue weighted by Crippen LogP contribution is 2.47. The third-order valence-corrected chi connectivity index (χ3v) is 3.90. The smallest absolute Gasteiger partial charge is 0.225 e. The lowest BCUT2D eigenvalue weighted by Crippen LogP contribution is -2.32. The van der Waals surface area contributed by atoms with Crippen molar-refractivity contribution < 1.29 is 9.84 Å². The van der Waals surface area contributed by atoms with Crippen molar-refractivity contribution in [3.63, 3.8) is 0 Å². The molecule has 110 valence electrons. The Kier molecular flexibility index (Phi) is 3.66. The number of fused-ring (bicyclic) bond motifs is 2. The number of hydrogen-bond donors (Lipinski definition) is 1. The molecule has 1 aliphatic heterocycles. The van der Waals surface area contributed by atoms with E-state index in [1.807, 2.05) is 50.5 Å². The number of pyridine rings is 1. The highest BCUT2D eigenvalue weighted by atomic mass is 16.5. The van der Waals surface area contributed by atoms with Gasteiger partial charge in [-0.1, -0.05) is 18.2 Å². The van der Waals surface area contributed by atoms with Crippen molar-refractivity contribution in [2.45, 2.75) is 18.4 Å². The van der Waals surface area contributed by atoms with Gasteiger partial charge in [0.05, 0.1) is 5.56 Å². The van der Waals surface area contributed by atoms with Crippen LogP contribution in [-0.4, -0.2) is 35.6 Å². The highest BCUT2D eigenvalue weighted by Gasteiger charge is 2.40. The van der Waals surface area contributed by atoms with E-state index in [0.29, 0.717) is 18.1 Å². The largest absolute Gasteiger partial charge is 0.438 e. The van der Waals surface area contributed by atoms with E-state index in [1.165, 1.54) is 0 Å². The lowest BCUT2D eigenvalue weighted by atomic mass is 9.81. The summed E-state index contributed by atoms with van der Waals surface area (Å²) in [5.74, 6) is 1.19. The number of rotatable bonds is 4. The predicted octanol–water partition coefficient (Wildman–Crippen LogP) is 2.77. The van der Waals surface area contributed by atoms with E-state index in [2.05, 4.69) is 9.88 Å². The number of nitrogens with zero attached hydrogens (tertiary/aromatic N) is 2. The molecule has 0 unspecified atom stereocenters. The van der Waals surface area contributed by atoms with Crippen LogP contribution in [0, 0.1) is 0 Å². The van der Waals surface area contributed by atoms with Gasteiger partial charge in [0.25, 0.3) is 0 Å². The van der Waals surface area contributed by atoms with Crippen LogP contribution in [-0.2, 0) is 5.60 Å². The van der Waals surface area contributed by atoms with Crippen LogP contribution in [0.2, 0.25) is 0 Å². The van der Waals surface area contributed by atoms with Gasteiger partial charge in [0, 0.05) is 11.8 Å². The van der Waals surface area contributed by atoms with Gasteiger partial charge in [-0.2, -0.15) is 0 Å². The van der Waals surface area contributed by atoms with Crippen molar-refractivity contribution in [1.82, 2.24) is 9.88 Å². The van der Waals surface area contributed by atoms with Gasteiger partial charge in [0.2, 0.25) is 5.88 Å². The zero-order valence-electron chi connectivity index (χ0n) is 12.4. The zero-order valence-corrected chi connectivity index (χ0v) is 12.4. The third kappa shape index (κ3) is 2.52. The highest BCUT2D eigenvalue weighted by molar-refractivity contribution is 5.53. The fourth-order valence-corrected chi connectivity index (χ4v) is 2.85. The van der Waals surface area contributed by atoms with Crippen LogP contribution in [0.15, 0.2) is 42.6 Å². The first-order chi connectivity index (χ1) is 10.1. The van der Waals surface area contributed by atoms with Crippen LogP contribution in [0.1, 0.15) is 24.0 Å². The Morgan fingerprint density at radius 2 is 1.90 bits per heavy atom. The minimum absolute atomic E-state index is 0.503. The molecule has 1 aromatic heterocycles. The SMILES string of the molecule is CN(C)CCC[C@]1(O)c2ccccc2Oc2ncccc21. The number of ether oxygens (including phenoxy) is 1. The number of aliphatic hydroxyl groups is 1. The van der Waals surface area contributed by atoms with Crippen LogP contribution in [0.25, 0.3) is 0 Å². The first-order valence-electron chi connectivity index (χ1n) is 7.21. The molecule has 0 amide bonds. The Morgan fingerprint density at radius 1 is 1.14 bits per heavy atom. The van der Waals surface area contributed by atoms with Crippen LogP contribution >= 0.6 is 0 Å². The fourth-order valence-electron chi connectivity index (χ4n) is 2.85. The second-order valence-corrected chi connectivity index (χ2v) is 5.72. The summed E-state index contributed by atoms with van der Waals surface area (Å²) in [6.07, 6.45) is 3.23. The van der Waals surface area contributed by atoms with Gasteiger partial charge in [-0.05, 0) is 51.7 Å². The van der Waals surface area contributed by atoms with Gasteiger partial charge in [0.15, 0.2) is 0 Å². The molecule has 0 saturated heterocycles. The average molecular weight is 284 g/mol. The summed E-state index contributed by atoms with van der Waals surface area (Å²) in [6.45, 7) is 0.931. The standard InChI is InChI=1S/C17H20N2O2/c1-19(2)12-6-10-17(20)13-7-3-4-9-15(13)21-16-14(17)8-5-11-18-16/h3-5,7-9,11,20H,6,10,12H2,1-2H3/t17-/m0/s1. The normalized spacial score (nSPS) is 19.8. The van der Waals surface area contributed by atoms with Gasteiger partial charge in [-0.15, -0.1) is 0 Å². The maximum absolute atomic E-state index is 11.3. The van der Waals surface area contributed by atoms with Gasteiger partial charge in [-0.3, -0.25) is 0 Å². The lowest BCUT2D eigenvalue weighted by molar-refractivity contribution is 0.0551. The molecule has 2 heterocycles. The maximum Gasteiger partial charge on any atom is 0.225 e. The third-order valence-electron chi connectivity index (χ3n) is 3.90. The van der Waals surface area contributed by atoms with Crippen molar-refractivity contribution in [3.8, 4) is 11.6 Å². The first-order valence-corrected chi connectivity index (χ1v) is 7.21. The molecular weight excluding hydrogens is 264 g/mol. The van der Waals surface area contributed by atoms with E-state index in [4.69, 9.17) is 4.74 Å². The number of benzene rings is 1. The molecule has 1 aromatic carbocycles. The second-order valence-electron chi connectivity index (χ2n) is 5.72. The van der Waals surface area contributed by atoms with Crippen molar-refractivity contribution in [2.75, 3.05) is 20.6 Å². The topological polar surface area (TPSA) is 45.6 Å². The fraction of sp³-hybridized carbons (Fsp3) is 0.353. The summed E-state index contributed by atoms with van der Waals surface area (Å²) >= 11 is 0. The summed E-state index contributed by atoms with van der Waals surface area (Å²) in [6, 6.07) is 11.4. The molecule has 1 N–H and O–H groups in total. The molecular formula is C17H20N2O2. The molecule has 4 heteroatoms. The zero-order chi connectivity index (χ0) is 14.9. The quantitative estimate of drug-likeness (QED) is 0.937. The molecule has 21 heavy (non-hydrogen) atoms. The monoisotopic (exact) mass is 284 g/mol. The van der Waals surface area contributed by atoms with Crippen LogP contribution < -0.4 is 4.74 Å². The molecule has 0 saturated carbocycles. The van der Waals surface area contributed by atoms with Crippen molar-refractivity contribution in [3.05, 3.63) is 53.7 Å². The predicted molar refractivity (Wildman–Crippen MR) is 81.5 cm³/mol. The lowest BCUT2D eigenvalue weighted by Gasteiger charge is -2.35. The maximum atomic E-state index is 11.3. The van der Waals surface area contributed by atoms with E-state index < -0.39 is 5.60 Å². The molecule has 0 bridgehead atoms. The molecule has 0 spiro atoms. The van der Waals surface area contributed by atoms with E-state index in [9.17, 15) is 5.11 Å². The van der Waals surface area contributed by atoms with Crippen LogP contribution in [0.5, 0.6) is 11.6 Å². The Hall–Kier alpha value is -1.91. The van der Waals surface area contributed by atoms with Crippen LogP contribution in [0.3, 0.4) is 0 Å². The molecule has 3 rings (SSSR count). The average Bonchev–Trinajstić information content (AvgIpc) is 2.47. The molecule has 1 atom stereocenters. The van der Waals surface area contributed by atoms with Gasteiger partial charge < -0.3 is 14.7 Å². The number of aromatic nitrogens is 1. The van der Waals surface area contributed by atoms with Crippen molar-refractivity contribution in [1.29, 1.82) is 0 Å². The molecule has 1 aliphatic rings. The van der Waals surface area contributed by atoms with Crippen molar-refractivity contribution >= 4 is 0 Å². The van der Waals surface area contributed by atoms with E-state index >= 15 is 0 Å². The Labute approximate surface area is 125 Å². The Bertz CT molecular complexity index is 595. The molecule has 0 fully saturated rings. The second kappa shape index (κ2) is 5.47. The van der Waals surface area contributed by atoms with Gasteiger partial charge in [0.1, 0.15) is 11.4 Å². The summed E-state index contributed by atoms with van der Waals surface area (Å²) in [5.41, 5.74) is 0.542. The molecule has 4 nitrogen and oxygen atoms in total. The Balaban J connectivity index is 2.01. The van der Waals surface area contributed by atoms with Gasteiger partial charge in [-0.25, -0.2) is 4.98 Å². The summed E-state index contributed by atoms with van der Waals surface area (Å²) in [5, 5.41) is 11.3. The summed E-state index contributed by atoms with van der Waals surface area (Å²) in [7, 11) is 4.08. The molecule has 2 aromatic rings. The van der Waals surface area contributed by atoms with E-state index in [-0.39, 0.29) is 0 Å². The molecule has 0 radical (unpaired) electrons. The Morgan fingerprint density at radius 3 is 2.71 bits per heavy atom. The minimum Gasteiger partial charge on any atom is -0.438 e. The summed E-state index contributed by atoms with van der Waals surface area (Å²) < 4.78 is 5.82. The first kappa shape index (κ1) is 14.0. The number of hydrogen-bond acceptors (Lipinski definition) is 4.